The third-order valence-corrected chi connectivity index (χ3v) is 15.0. The van der Waals surface area contributed by atoms with Crippen LogP contribution in [0.4, 0.5) is 4.79 Å². The minimum absolute atomic E-state index is 0.0949. The first-order valence-electron chi connectivity index (χ1n) is 17.1. The van der Waals surface area contributed by atoms with Gasteiger partial charge in [-0.25, -0.2) is 14.3 Å². The van der Waals surface area contributed by atoms with Gasteiger partial charge >= 0.3 is 12.1 Å². The van der Waals surface area contributed by atoms with Crippen LogP contribution in [0.1, 0.15) is 118 Å². The Morgan fingerprint density at radius 3 is 2.33 bits per heavy atom. The van der Waals surface area contributed by atoms with Gasteiger partial charge in [0, 0.05) is 30.1 Å². The van der Waals surface area contributed by atoms with Gasteiger partial charge in [-0.1, -0.05) is 46.8 Å². The molecule has 1 unspecified atom stereocenters. The summed E-state index contributed by atoms with van der Waals surface area (Å²) in [5.74, 6) is 3.38. The van der Waals surface area contributed by atoms with Crippen molar-refractivity contribution in [3.63, 3.8) is 0 Å². The van der Waals surface area contributed by atoms with Crippen LogP contribution in [0.5, 0.6) is 0 Å². The number of fused-ring (bicyclic) bond motifs is 7. The second kappa shape index (κ2) is 10.2. The van der Waals surface area contributed by atoms with Gasteiger partial charge in [0.05, 0.1) is 6.61 Å². The first-order chi connectivity index (χ1) is 20.1. The molecule has 0 saturated heterocycles. The summed E-state index contributed by atoms with van der Waals surface area (Å²) in [7, 11) is 0. The zero-order chi connectivity index (χ0) is 31.2. The van der Waals surface area contributed by atoms with E-state index >= 15 is 0 Å². The Morgan fingerprint density at radius 2 is 1.67 bits per heavy atom. The van der Waals surface area contributed by atoms with Gasteiger partial charge in [-0.15, -0.1) is 0 Å². The lowest BCUT2D eigenvalue weighted by Crippen LogP contribution is -2.67. The molecular weight excluding hydrogens is 536 g/mol. The lowest BCUT2D eigenvalue weighted by Gasteiger charge is -2.73. The molecule has 10 atom stereocenters. The number of hydrogen-bond donors (Lipinski definition) is 0. The average molecular weight is 593 g/mol. The molecule has 238 valence electrons. The molecule has 1 aromatic rings. The fourth-order valence-corrected chi connectivity index (χ4v) is 12.7. The van der Waals surface area contributed by atoms with Crippen molar-refractivity contribution in [3.05, 3.63) is 30.4 Å². The molecule has 5 aliphatic carbocycles. The first-order valence-corrected chi connectivity index (χ1v) is 17.1. The Balaban J connectivity index is 1.29. The Kier molecular flexibility index (Phi) is 7.33. The summed E-state index contributed by atoms with van der Waals surface area (Å²) in [5, 5.41) is 0. The van der Waals surface area contributed by atoms with E-state index in [0.717, 1.165) is 25.7 Å². The number of esters is 1. The van der Waals surface area contributed by atoms with Gasteiger partial charge in [-0.2, -0.15) is 0 Å². The van der Waals surface area contributed by atoms with Crippen molar-refractivity contribution < 1.29 is 19.1 Å². The van der Waals surface area contributed by atoms with Crippen LogP contribution in [0.2, 0.25) is 0 Å². The minimum Gasteiger partial charge on any atom is -0.465 e. The summed E-state index contributed by atoms with van der Waals surface area (Å²) in [4.78, 5) is 29.3. The van der Waals surface area contributed by atoms with E-state index in [2.05, 4.69) is 53.1 Å². The maximum atomic E-state index is 13.1. The summed E-state index contributed by atoms with van der Waals surface area (Å²) < 4.78 is 13.6. The Hall–Kier alpha value is -2.11. The molecular formula is C37H56N2O4. The molecule has 5 saturated carbocycles. The largest absolute Gasteiger partial charge is 0.465 e. The van der Waals surface area contributed by atoms with Gasteiger partial charge in [-0.3, -0.25) is 4.79 Å². The van der Waals surface area contributed by atoms with Gasteiger partial charge in [0.25, 0.3) is 0 Å². The summed E-state index contributed by atoms with van der Waals surface area (Å²) in [6, 6.07) is 0. The van der Waals surface area contributed by atoms with E-state index < -0.39 is 0 Å². The topological polar surface area (TPSA) is 70.4 Å². The van der Waals surface area contributed by atoms with E-state index in [0.29, 0.717) is 42.0 Å². The van der Waals surface area contributed by atoms with Crippen LogP contribution < -0.4 is 0 Å². The Morgan fingerprint density at radius 1 is 0.930 bits per heavy atom. The smallest absolute Gasteiger partial charge is 0.419 e. The van der Waals surface area contributed by atoms with Crippen LogP contribution in [0.25, 0.3) is 0 Å². The normalized spacial score (nSPS) is 44.7. The van der Waals surface area contributed by atoms with Crippen molar-refractivity contribution in [2.75, 3.05) is 6.61 Å². The molecule has 43 heavy (non-hydrogen) atoms. The number of aryl methyl sites for hydroxylation is 1. The molecule has 0 radical (unpaired) electrons. The van der Waals surface area contributed by atoms with Gasteiger partial charge < -0.3 is 9.47 Å². The SMILES string of the molecule is C=C(C)[C@@H]1CC[C@]2(COC(C)=O)CC[C@]3(C)[C@H](CCC4[C@@]5(C)CC[C@H](OC(=O)n6ccnc6C)C(C)(C)[C@@H]5CC[C@]43C)[C@@H]12. The summed E-state index contributed by atoms with van der Waals surface area (Å²) in [6.07, 6.45) is 14.7. The van der Waals surface area contributed by atoms with Crippen LogP contribution in [0.15, 0.2) is 24.5 Å². The van der Waals surface area contributed by atoms with Crippen molar-refractivity contribution in [3.8, 4) is 0 Å². The Bertz CT molecular complexity index is 1300. The third-order valence-electron chi connectivity index (χ3n) is 15.0. The predicted molar refractivity (Wildman–Crippen MR) is 168 cm³/mol. The standard InChI is InChI=1S/C37H56N2O4/c1-23(2)26-12-17-37(22-42-25(4)40)19-18-35(8)27(31(26)37)10-11-29-34(7)15-14-30(43-32(41)39-21-20-38-24(39)3)33(5,6)28(34)13-16-36(29,35)9/h20-21,26-31H,1,10-19,22H2,2-9H3/t26-,27+,28-,29?,30-,31+,34-,35+,36+,37+/m0/s1. The monoisotopic (exact) mass is 592 g/mol. The lowest BCUT2D eigenvalue weighted by molar-refractivity contribution is -0.249. The van der Waals surface area contributed by atoms with Crippen LogP contribution >= 0.6 is 0 Å². The highest BCUT2D eigenvalue weighted by molar-refractivity contribution is 5.71. The highest BCUT2D eigenvalue weighted by atomic mass is 16.6. The van der Waals surface area contributed by atoms with Crippen molar-refractivity contribution in [2.45, 2.75) is 126 Å². The quantitative estimate of drug-likeness (QED) is 0.258. The Labute approximate surface area is 259 Å². The number of rotatable bonds is 4. The summed E-state index contributed by atoms with van der Waals surface area (Å²) in [5.41, 5.74) is 2.04. The van der Waals surface area contributed by atoms with Gasteiger partial charge in [-0.05, 0) is 124 Å². The second-order valence-electron chi connectivity index (χ2n) is 16.9. The van der Waals surface area contributed by atoms with E-state index in [-0.39, 0.29) is 45.2 Å². The van der Waals surface area contributed by atoms with E-state index in [1.54, 1.807) is 19.3 Å². The molecule has 6 rings (SSSR count). The van der Waals surface area contributed by atoms with Crippen LogP contribution in [-0.4, -0.2) is 34.3 Å². The molecule has 0 amide bonds. The maximum Gasteiger partial charge on any atom is 0.419 e. The molecule has 1 heterocycles. The number of hydrogen-bond acceptors (Lipinski definition) is 5. The number of ether oxygens (including phenoxy) is 2. The molecule has 6 heteroatoms. The highest BCUT2D eigenvalue weighted by Crippen LogP contribution is 2.77. The molecule has 5 aliphatic rings. The van der Waals surface area contributed by atoms with Crippen LogP contribution in [-0.2, 0) is 14.3 Å². The average Bonchev–Trinajstić information content (AvgIpc) is 3.54. The zero-order valence-electron chi connectivity index (χ0n) is 28.1. The fraction of sp³-hybridized carbons (Fsp3) is 0.811. The van der Waals surface area contributed by atoms with Crippen molar-refractivity contribution in [2.24, 2.45) is 56.7 Å². The van der Waals surface area contributed by atoms with Gasteiger partial charge in [0.2, 0.25) is 0 Å². The maximum absolute atomic E-state index is 13.1. The number of imidazole rings is 1. The van der Waals surface area contributed by atoms with E-state index in [4.69, 9.17) is 9.47 Å². The summed E-state index contributed by atoms with van der Waals surface area (Å²) in [6.45, 7) is 23.4. The number of carbonyl (C=O) groups is 2. The number of aromatic nitrogens is 2. The van der Waals surface area contributed by atoms with Crippen molar-refractivity contribution >= 4 is 12.1 Å². The highest BCUT2D eigenvalue weighted by Gasteiger charge is 2.71. The van der Waals surface area contributed by atoms with E-state index in [1.807, 2.05) is 6.92 Å². The molecule has 0 spiro atoms. The van der Waals surface area contributed by atoms with E-state index in [1.165, 1.54) is 48.7 Å². The fourth-order valence-electron chi connectivity index (χ4n) is 12.7. The molecule has 5 fully saturated rings. The van der Waals surface area contributed by atoms with E-state index in [9.17, 15) is 9.59 Å². The number of nitrogens with zero attached hydrogens (tertiary/aromatic N) is 2. The molecule has 1 aromatic heterocycles. The third kappa shape index (κ3) is 4.34. The van der Waals surface area contributed by atoms with Gasteiger partial charge in [0.15, 0.2) is 0 Å². The second-order valence-corrected chi connectivity index (χ2v) is 16.9. The number of allylic oxidation sites excluding steroid dienone is 1. The molecule has 0 aromatic carbocycles. The van der Waals surface area contributed by atoms with Crippen molar-refractivity contribution in [1.82, 2.24) is 9.55 Å². The summed E-state index contributed by atoms with van der Waals surface area (Å²) >= 11 is 0. The molecule has 0 aliphatic heterocycles. The van der Waals surface area contributed by atoms with Crippen LogP contribution in [0, 0.1) is 63.6 Å². The van der Waals surface area contributed by atoms with Crippen molar-refractivity contribution in [1.29, 1.82) is 0 Å². The predicted octanol–water partition coefficient (Wildman–Crippen LogP) is 8.77. The lowest BCUT2D eigenvalue weighted by atomic mass is 9.32. The number of carbonyl (C=O) groups excluding carboxylic acids is 2. The molecule has 6 nitrogen and oxygen atoms in total. The molecule has 0 bridgehead atoms. The first kappa shape index (κ1) is 30.9. The zero-order valence-corrected chi connectivity index (χ0v) is 28.1. The minimum atomic E-state index is -0.298. The molecule has 0 N–H and O–H groups in total. The van der Waals surface area contributed by atoms with Crippen LogP contribution in [0.3, 0.4) is 0 Å². The van der Waals surface area contributed by atoms with Gasteiger partial charge in [0.1, 0.15) is 11.9 Å².